The molecule has 0 aliphatic rings. The third kappa shape index (κ3) is 9.15. The average molecular weight is 296 g/mol. The van der Waals surface area contributed by atoms with Crippen LogP contribution in [0.3, 0.4) is 0 Å². The molecule has 0 heterocycles. The Kier molecular flexibility index (Phi) is 9.24. The minimum atomic E-state index is -4.25. The molecule has 0 fully saturated rings. The molecule has 0 amide bonds. The largest absolute Gasteiger partial charge is 1.00 e. The van der Waals surface area contributed by atoms with E-state index in [1.165, 1.54) is 0 Å². The summed E-state index contributed by atoms with van der Waals surface area (Å²) in [7, 11) is -4.25. The Morgan fingerprint density at radius 3 is 2.32 bits per heavy atom. The first-order chi connectivity index (χ1) is 8.49. The van der Waals surface area contributed by atoms with E-state index in [0.29, 0.717) is 5.56 Å². The summed E-state index contributed by atoms with van der Waals surface area (Å²) in [6, 6.07) is 8.45. The summed E-state index contributed by atoms with van der Waals surface area (Å²) < 4.78 is 40.4. The molecule has 0 bridgehead atoms. The zero-order chi connectivity index (χ0) is 13.4. The predicted octanol–water partition coefficient (Wildman–Crippen LogP) is -2.59. The maximum Gasteiger partial charge on any atom is 1.00 e. The number of esters is 1. The van der Waals surface area contributed by atoms with E-state index in [4.69, 9.17) is 9.47 Å². The molecule has 0 N–H and O–H groups in total. The Bertz CT molecular complexity index is 473. The molecule has 0 atom stereocenters. The third-order valence-electron chi connectivity index (χ3n) is 1.95. The van der Waals surface area contributed by atoms with Gasteiger partial charge in [-0.15, -0.1) is 0 Å². The first-order valence-corrected chi connectivity index (χ1v) is 6.80. The smallest absolute Gasteiger partial charge is 0.748 e. The summed E-state index contributed by atoms with van der Waals surface area (Å²) in [6.07, 6.45) is 0. The molecule has 1 aromatic carbocycles. The van der Waals surface area contributed by atoms with Gasteiger partial charge in [0.25, 0.3) is 0 Å². The average Bonchev–Trinajstić information content (AvgIpc) is 2.33. The van der Waals surface area contributed by atoms with E-state index in [1.807, 2.05) is 0 Å². The van der Waals surface area contributed by atoms with Crippen LogP contribution in [0.1, 0.15) is 10.4 Å². The SMILES string of the molecule is O=C(OCCOCCS(=O)(=O)[O-])c1ccccc1.[Na+]. The Labute approximate surface area is 134 Å². The fourth-order valence-electron chi connectivity index (χ4n) is 1.11. The molecule has 8 heteroatoms. The van der Waals surface area contributed by atoms with Gasteiger partial charge in [-0.3, -0.25) is 0 Å². The van der Waals surface area contributed by atoms with Gasteiger partial charge in [-0.05, 0) is 12.1 Å². The van der Waals surface area contributed by atoms with E-state index in [-0.39, 0.29) is 49.4 Å². The van der Waals surface area contributed by atoms with Crippen molar-refractivity contribution in [1.29, 1.82) is 0 Å². The Balaban J connectivity index is 0.00000324. The first kappa shape index (κ1) is 18.6. The molecular formula is C11H13NaO6S. The fraction of sp³-hybridized carbons (Fsp3) is 0.364. The number of benzene rings is 1. The second-order valence-electron chi connectivity index (χ2n) is 3.38. The maximum atomic E-state index is 11.4. The molecular weight excluding hydrogens is 283 g/mol. The van der Waals surface area contributed by atoms with Crippen LogP contribution >= 0.6 is 0 Å². The molecule has 0 aliphatic carbocycles. The second-order valence-corrected chi connectivity index (χ2v) is 4.90. The van der Waals surface area contributed by atoms with Crippen molar-refractivity contribution in [3.05, 3.63) is 35.9 Å². The molecule has 0 aliphatic heterocycles. The Hall–Kier alpha value is -0.440. The van der Waals surface area contributed by atoms with Gasteiger partial charge in [0, 0.05) is 0 Å². The van der Waals surface area contributed by atoms with Crippen molar-refractivity contribution in [3.63, 3.8) is 0 Å². The van der Waals surface area contributed by atoms with Crippen LogP contribution in [0.15, 0.2) is 30.3 Å². The molecule has 0 saturated heterocycles. The minimum absolute atomic E-state index is 0. The van der Waals surface area contributed by atoms with Crippen LogP contribution in [-0.2, 0) is 19.6 Å². The van der Waals surface area contributed by atoms with Crippen molar-refractivity contribution in [2.75, 3.05) is 25.6 Å². The first-order valence-electron chi connectivity index (χ1n) is 5.22. The van der Waals surface area contributed by atoms with E-state index in [2.05, 4.69) is 0 Å². The van der Waals surface area contributed by atoms with Crippen LogP contribution in [0.5, 0.6) is 0 Å². The zero-order valence-electron chi connectivity index (χ0n) is 10.6. The van der Waals surface area contributed by atoms with Gasteiger partial charge in [-0.1, -0.05) is 18.2 Å². The summed E-state index contributed by atoms with van der Waals surface area (Å²) >= 11 is 0. The monoisotopic (exact) mass is 296 g/mol. The molecule has 1 aromatic rings. The minimum Gasteiger partial charge on any atom is -0.748 e. The quantitative estimate of drug-likeness (QED) is 0.237. The van der Waals surface area contributed by atoms with E-state index in [0.717, 1.165) is 0 Å². The van der Waals surface area contributed by atoms with Crippen molar-refractivity contribution < 1.29 is 56.8 Å². The Morgan fingerprint density at radius 2 is 1.74 bits per heavy atom. The number of rotatable bonds is 7. The molecule has 100 valence electrons. The van der Waals surface area contributed by atoms with Crippen LogP contribution in [0.4, 0.5) is 0 Å². The van der Waals surface area contributed by atoms with Gasteiger partial charge >= 0.3 is 35.5 Å². The number of hydrogen-bond donors (Lipinski definition) is 0. The van der Waals surface area contributed by atoms with E-state index in [1.54, 1.807) is 30.3 Å². The van der Waals surface area contributed by atoms with Gasteiger partial charge in [-0.2, -0.15) is 0 Å². The third-order valence-corrected chi connectivity index (χ3v) is 2.61. The van der Waals surface area contributed by atoms with Crippen molar-refractivity contribution in [1.82, 2.24) is 0 Å². The van der Waals surface area contributed by atoms with Gasteiger partial charge < -0.3 is 14.0 Å². The molecule has 0 spiro atoms. The topological polar surface area (TPSA) is 92.7 Å². The van der Waals surface area contributed by atoms with Gasteiger partial charge in [-0.25, -0.2) is 13.2 Å². The molecule has 6 nitrogen and oxygen atoms in total. The second kappa shape index (κ2) is 9.46. The maximum absolute atomic E-state index is 11.4. The fourth-order valence-corrected chi connectivity index (χ4v) is 1.44. The molecule has 0 saturated carbocycles. The van der Waals surface area contributed by atoms with Crippen LogP contribution in [0.25, 0.3) is 0 Å². The van der Waals surface area contributed by atoms with Gasteiger partial charge in [0.05, 0.1) is 34.6 Å². The van der Waals surface area contributed by atoms with Crippen molar-refractivity contribution in [2.24, 2.45) is 0 Å². The summed E-state index contributed by atoms with van der Waals surface area (Å²) in [5, 5.41) is 0. The summed E-state index contributed by atoms with van der Waals surface area (Å²) in [4.78, 5) is 11.4. The standard InChI is InChI=1S/C11H14O6S.Na/c12-11(10-4-2-1-3-5-10)17-7-6-16-8-9-18(13,14)15;/h1-5H,6-9H2,(H,13,14,15);/q;+1/p-1. The molecule has 0 aromatic heterocycles. The normalized spacial score (nSPS) is 10.6. The molecule has 0 radical (unpaired) electrons. The van der Waals surface area contributed by atoms with Crippen molar-refractivity contribution in [2.45, 2.75) is 0 Å². The number of hydrogen-bond acceptors (Lipinski definition) is 6. The van der Waals surface area contributed by atoms with Crippen LogP contribution in [0, 0.1) is 0 Å². The van der Waals surface area contributed by atoms with Crippen LogP contribution in [-0.4, -0.2) is 44.5 Å². The van der Waals surface area contributed by atoms with Gasteiger partial charge in [0.2, 0.25) is 0 Å². The summed E-state index contributed by atoms with van der Waals surface area (Å²) in [6.45, 7) is -0.143. The van der Waals surface area contributed by atoms with Gasteiger partial charge in [0.1, 0.15) is 6.61 Å². The van der Waals surface area contributed by atoms with E-state index in [9.17, 15) is 17.8 Å². The van der Waals surface area contributed by atoms with Crippen LogP contribution in [0.2, 0.25) is 0 Å². The number of carbonyl (C=O) groups excluding carboxylic acids is 1. The zero-order valence-corrected chi connectivity index (χ0v) is 13.4. The summed E-state index contributed by atoms with van der Waals surface area (Å²) in [5.41, 5.74) is 0.430. The number of ether oxygens (including phenoxy) is 2. The van der Waals surface area contributed by atoms with E-state index >= 15 is 0 Å². The van der Waals surface area contributed by atoms with Crippen molar-refractivity contribution >= 4 is 16.1 Å². The van der Waals surface area contributed by atoms with Crippen molar-refractivity contribution in [3.8, 4) is 0 Å². The molecule has 0 unspecified atom stereocenters. The number of carbonyl (C=O) groups is 1. The predicted molar refractivity (Wildman–Crippen MR) is 62.1 cm³/mol. The molecule has 1 rings (SSSR count). The van der Waals surface area contributed by atoms with E-state index < -0.39 is 21.8 Å². The van der Waals surface area contributed by atoms with Crippen LogP contribution < -0.4 is 29.6 Å². The molecule has 19 heavy (non-hydrogen) atoms. The Morgan fingerprint density at radius 1 is 1.11 bits per heavy atom. The van der Waals surface area contributed by atoms with Gasteiger partial charge in [0.15, 0.2) is 0 Å². The summed E-state index contributed by atoms with van der Waals surface area (Å²) in [5.74, 6) is -1.06.